The molecular formula is C15H12ClN5O2S. The van der Waals surface area contributed by atoms with Gasteiger partial charge in [0.05, 0.1) is 18.8 Å². The van der Waals surface area contributed by atoms with Gasteiger partial charge in [-0.3, -0.25) is 9.89 Å². The molecule has 7 nitrogen and oxygen atoms in total. The Morgan fingerprint density at radius 1 is 1.42 bits per heavy atom. The van der Waals surface area contributed by atoms with Gasteiger partial charge in [-0.25, -0.2) is 4.98 Å². The average Bonchev–Trinajstić information content (AvgIpc) is 2.58. The van der Waals surface area contributed by atoms with Crippen molar-refractivity contribution in [3.8, 4) is 5.75 Å². The lowest BCUT2D eigenvalue weighted by atomic mass is 10.1. The molecule has 24 heavy (non-hydrogen) atoms. The van der Waals surface area contributed by atoms with Crippen LogP contribution in [-0.4, -0.2) is 33.2 Å². The highest BCUT2D eigenvalue weighted by atomic mass is 35.5. The molecule has 9 heteroatoms. The molecule has 3 rings (SSSR count). The van der Waals surface area contributed by atoms with E-state index in [1.54, 1.807) is 20.1 Å². The summed E-state index contributed by atoms with van der Waals surface area (Å²) in [7, 11) is 1.59. The van der Waals surface area contributed by atoms with Crippen molar-refractivity contribution in [1.29, 1.82) is 0 Å². The van der Waals surface area contributed by atoms with Crippen LogP contribution in [0.4, 0.5) is 0 Å². The third-order valence-corrected chi connectivity index (χ3v) is 3.90. The third kappa shape index (κ3) is 3.06. The lowest BCUT2D eigenvalue weighted by Gasteiger charge is -2.05. The topological polar surface area (TPSA) is 85.2 Å². The molecule has 0 bridgehead atoms. The van der Waals surface area contributed by atoms with E-state index in [1.807, 2.05) is 18.2 Å². The van der Waals surface area contributed by atoms with E-state index < -0.39 is 5.56 Å². The predicted molar refractivity (Wildman–Crippen MR) is 94.7 cm³/mol. The van der Waals surface area contributed by atoms with E-state index in [9.17, 15) is 4.79 Å². The number of benzene rings is 1. The predicted octanol–water partition coefficient (Wildman–Crippen LogP) is 2.70. The minimum atomic E-state index is -0.401. The van der Waals surface area contributed by atoms with E-state index in [0.29, 0.717) is 11.3 Å². The van der Waals surface area contributed by atoms with Crippen molar-refractivity contribution in [1.82, 2.24) is 19.9 Å². The maximum Gasteiger partial charge on any atom is 0.296 e. The summed E-state index contributed by atoms with van der Waals surface area (Å²) in [5.41, 5.74) is 1.13. The molecule has 0 radical (unpaired) electrons. The molecule has 0 saturated carbocycles. The number of aromatic nitrogens is 4. The fourth-order valence-corrected chi connectivity index (χ4v) is 2.43. The van der Waals surface area contributed by atoms with Crippen molar-refractivity contribution < 1.29 is 4.74 Å². The molecule has 0 aliphatic rings. The summed E-state index contributed by atoms with van der Waals surface area (Å²) < 4.78 is 6.34. The van der Waals surface area contributed by atoms with Gasteiger partial charge in [0.1, 0.15) is 16.6 Å². The Bertz CT molecular complexity index is 1070. The molecule has 1 N–H and O–H groups in total. The Morgan fingerprint density at radius 2 is 2.21 bits per heavy atom. The third-order valence-electron chi connectivity index (χ3n) is 3.33. The number of H-pyrrole nitrogens is 1. The first-order valence-electron chi connectivity index (χ1n) is 6.86. The summed E-state index contributed by atoms with van der Waals surface area (Å²) in [6, 6.07) is 7.26. The number of fused-ring (bicyclic) bond motifs is 1. The highest BCUT2D eigenvalue weighted by Crippen LogP contribution is 2.23. The highest BCUT2D eigenvalue weighted by Gasteiger charge is 2.06. The SMILES string of the molecule is COc1ccc2nc(Cl)c(/C=N\n3c(=S)[nH]nc(C)c3=O)cc2c1. The van der Waals surface area contributed by atoms with Crippen LogP contribution in [0.25, 0.3) is 10.9 Å². The number of nitrogens with zero attached hydrogens (tertiary/aromatic N) is 4. The number of pyridine rings is 1. The summed E-state index contributed by atoms with van der Waals surface area (Å²) in [5, 5.41) is 11.5. The molecule has 2 aromatic heterocycles. The summed E-state index contributed by atoms with van der Waals surface area (Å²) in [6.45, 7) is 1.57. The Kier molecular flexibility index (Phi) is 4.41. The molecule has 2 heterocycles. The van der Waals surface area contributed by atoms with Gasteiger partial charge in [0.15, 0.2) is 0 Å². The van der Waals surface area contributed by atoms with Gasteiger partial charge in [-0.2, -0.15) is 14.9 Å². The standard InChI is InChI=1S/C15H12ClN5O2S/c1-8-14(22)21(15(24)20-19-8)17-7-10-5-9-6-11(23-2)3-4-12(9)18-13(10)16/h3-7H,1-2H3,(H,20,24)/b17-7-. The maximum atomic E-state index is 12.0. The van der Waals surface area contributed by atoms with Crippen LogP contribution in [0.2, 0.25) is 5.15 Å². The first-order chi connectivity index (χ1) is 11.5. The van der Waals surface area contributed by atoms with Crippen LogP contribution >= 0.6 is 23.8 Å². The van der Waals surface area contributed by atoms with Crippen molar-refractivity contribution in [3.05, 3.63) is 55.8 Å². The van der Waals surface area contributed by atoms with Crippen LogP contribution in [0.3, 0.4) is 0 Å². The zero-order valence-corrected chi connectivity index (χ0v) is 14.4. The van der Waals surface area contributed by atoms with Crippen molar-refractivity contribution in [2.45, 2.75) is 6.92 Å². The monoisotopic (exact) mass is 361 g/mol. The van der Waals surface area contributed by atoms with Gasteiger partial charge < -0.3 is 4.74 Å². The molecule has 0 unspecified atom stereocenters. The van der Waals surface area contributed by atoms with Crippen LogP contribution in [0.1, 0.15) is 11.3 Å². The van der Waals surface area contributed by atoms with Crippen molar-refractivity contribution in [2.75, 3.05) is 7.11 Å². The number of ether oxygens (including phenoxy) is 1. The fraction of sp³-hybridized carbons (Fsp3) is 0.133. The molecule has 0 saturated heterocycles. The number of halogens is 1. The second kappa shape index (κ2) is 6.50. The van der Waals surface area contributed by atoms with E-state index in [2.05, 4.69) is 20.3 Å². The molecule has 0 amide bonds. The number of hydrogen-bond acceptors (Lipinski definition) is 6. The molecule has 122 valence electrons. The first kappa shape index (κ1) is 16.3. The van der Waals surface area contributed by atoms with Gasteiger partial charge >= 0.3 is 0 Å². The number of aryl methyl sites for hydroxylation is 1. The second-order valence-corrected chi connectivity index (χ2v) is 5.65. The number of nitrogens with one attached hydrogen (secondary N) is 1. The normalized spacial score (nSPS) is 11.3. The van der Waals surface area contributed by atoms with Crippen LogP contribution in [0.5, 0.6) is 5.75 Å². The minimum absolute atomic E-state index is 0.0911. The van der Waals surface area contributed by atoms with Crippen LogP contribution in [0, 0.1) is 11.7 Å². The van der Waals surface area contributed by atoms with Crippen molar-refractivity contribution >= 4 is 40.9 Å². The Labute approximate surface area is 146 Å². The lowest BCUT2D eigenvalue weighted by molar-refractivity contribution is 0.415. The van der Waals surface area contributed by atoms with Gasteiger partial charge in [-0.05, 0) is 43.4 Å². The minimum Gasteiger partial charge on any atom is -0.497 e. The Balaban J connectivity index is 2.10. The smallest absolute Gasteiger partial charge is 0.296 e. The van der Waals surface area contributed by atoms with Gasteiger partial charge in [-0.1, -0.05) is 11.6 Å². The van der Waals surface area contributed by atoms with E-state index >= 15 is 0 Å². The molecule has 0 aliphatic carbocycles. The Morgan fingerprint density at radius 3 is 2.96 bits per heavy atom. The van der Waals surface area contributed by atoms with E-state index in [1.165, 1.54) is 6.21 Å². The number of methoxy groups -OCH3 is 1. The van der Waals surface area contributed by atoms with E-state index in [4.69, 9.17) is 28.6 Å². The van der Waals surface area contributed by atoms with Crippen LogP contribution in [0.15, 0.2) is 34.2 Å². The molecule has 0 atom stereocenters. The lowest BCUT2D eigenvalue weighted by Crippen LogP contribution is -2.22. The van der Waals surface area contributed by atoms with Crippen molar-refractivity contribution in [3.63, 3.8) is 0 Å². The van der Waals surface area contributed by atoms with Gasteiger partial charge in [0.25, 0.3) is 5.56 Å². The highest BCUT2D eigenvalue weighted by molar-refractivity contribution is 7.71. The Hall–Kier alpha value is -2.58. The molecule has 1 aromatic carbocycles. The van der Waals surface area contributed by atoms with Gasteiger partial charge in [0, 0.05) is 10.9 Å². The second-order valence-electron chi connectivity index (χ2n) is 4.90. The zero-order valence-electron chi connectivity index (χ0n) is 12.8. The molecule has 0 aliphatic heterocycles. The van der Waals surface area contributed by atoms with Crippen molar-refractivity contribution in [2.24, 2.45) is 5.10 Å². The number of aromatic amines is 1. The molecule has 3 aromatic rings. The zero-order chi connectivity index (χ0) is 17.3. The van der Waals surface area contributed by atoms with E-state index in [0.717, 1.165) is 15.6 Å². The summed E-state index contributed by atoms with van der Waals surface area (Å²) in [5.74, 6) is 0.706. The van der Waals surface area contributed by atoms with Crippen LogP contribution < -0.4 is 10.3 Å². The first-order valence-corrected chi connectivity index (χ1v) is 7.65. The summed E-state index contributed by atoms with van der Waals surface area (Å²) in [6.07, 6.45) is 1.43. The maximum absolute atomic E-state index is 12.0. The summed E-state index contributed by atoms with van der Waals surface area (Å²) >= 11 is 11.2. The molecule has 0 fully saturated rings. The number of hydrogen-bond donors (Lipinski definition) is 1. The summed E-state index contributed by atoms with van der Waals surface area (Å²) in [4.78, 5) is 16.3. The largest absolute Gasteiger partial charge is 0.497 e. The van der Waals surface area contributed by atoms with E-state index in [-0.39, 0.29) is 15.6 Å². The van der Waals surface area contributed by atoms with Gasteiger partial charge in [-0.15, -0.1) is 0 Å². The average molecular weight is 362 g/mol. The quantitative estimate of drug-likeness (QED) is 0.440. The van der Waals surface area contributed by atoms with Gasteiger partial charge in [0.2, 0.25) is 4.77 Å². The van der Waals surface area contributed by atoms with Crippen LogP contribution in [-0.2, 0) is 0 Å². The number of rotatable bonds is 3. The fourth-order valence-electron chi connectivity index (χ4n) is 2.06. The molecule has 0 spiro atoms. The molecular weight excluding hydrogens is 350 g/mol.